The molecule has 1 heteroatoms. The Balaban J connectivity index is 1.43. The van der Waals surface area contributed by atoms with Gasteiger partial charge in [0.05, 0.1) is 12.2 Å². The highest BCUT2D eigenvalue weighted by Gasteiger charge is 2.60. The van der Waals surface area contributed by atoms with E-state index in [1.165, 1.54) is 77.0 Å². The van der Waals surface area contributed by atoms with Crippen molar-refractivity contribution >= 4 is 0 Å². The van der Waals surface area contributed by atoms with Crippen LogP contribution in [0.5, 0.6) is 0 Å². The summed E-state index contributed by atoms with van der Waals surface area (Å²) in [7, 11) is 0. The van der Waals surface area contributed by atoms with Crippen LogP contribution < -0.4 is 0 Å². The molecule has 4 aliphatic rings. The molecular weight excluding hydrogens is 376 g/mol. The van der Waals surface area contributed by atoms with Gasteiger partial charge in [0.25, 0.3) is 0 Å². The molecule has 0 aromatic heterocycles. The van der Waals surface area contributed by atoms with E-state index in [9.17, 15) is 0 Å². The minimum absolute atomic E-state index is 0.388. The smallest absolute Gasteiger partial charge is 0.0581 e. The second-order valence-corrected chi connectivity index (χ2v) is 13.8. The van der Waals surface area contributed by atoms with Crippen LogP contribution in [0.25, 0.3) is 0 Å². The van der Waals surface area contributed by atoms with Crippen molar-refractivity contribution in [1.29, 1.82) is 0 Å². The average molecular weight is 431 g/mol. The Morgan fingerprint density at radius 3 is 2.19 bits per heavy atom. The first-order valence-corrected chi connectivity index (χ1v) is 14.3. The van der Waals surface area contributed by atoms with Crippen molar-refractivity contribution in [3.63, 3.8) is 0 Å². The third kappa shape index (κ3) is 4.52. The Kier molecular flexibility index (Phi) is 7.23. The van der Waals surface area contributed by atoms with Crippen molar-refractivity contribution in [2.75, 3.05) is 0 Å². The summed E-state index contributed by atoms with van der Waals surface area (Å²) < 4.78 is 6.29. The van der Waals surface area contributed by atoms with Gasteiger partial charge in [0.15, 0.2) is 0 Å². The molecule has 0 saturated heterocycles. The summed E-state index contributed by atoms with van der Waals surface area (Å²) in [5.41, 5.74) is 1.24. The molecule has 4 saturated carbocycles. The lowest BCUT2D eigenvalue weighted by Crippen LogP contribution is -2.54. The van der Waals surface area contributed by atoms with Gasteiger partial charge in [0, 0.05) is 0 Å². The summed E-state index contributed by atoms with van der Waals surface area (Å²) in [5, 5.41) is 0. The number of rotatable bonds is 7. The molecule has 0 aliphatic heterocycles. The van der Waals surface area contributed by atoms with Crippen LogP contribution in [0, 0.1) is 52.3 Å². The van der Waals surface area contributed by atoms with E-state index in [-0.39, 0.29) is 0 Å². The zero-order chi connectivity index (χ0) is 22.4. The van der Waals surface area contributed by atoms with Crippen molar-refractivity contribution in [2.45, 2.75) is 138 Å². The first-order valence-electron chi connectivity index (χ1n) is 14.3. The van der Waals surface area contributed by atoms with Crippen LogP contribution in [0.1, 0.15) is 126 Å². The van der Waals surface area contributed by atoms with Gasteiger partial charge < -0.3 is 4.74 Å². The largest absolute Gasteiger partial charge is 0.376 e. The summed E-state index contributed by atoms with van der Waals surface area (Å²) in [6.07, 6.45) is 18.4. The van der Waals surface area contributed by atoms with Gasteiger partial charge in [-0.25, -0.2) is 0 Å². The SMILES string of the molecule is CC(C)CCC[C@@H](C)[C@H]1CC[C@H]2[C@@H]3CC[C@H]4C[C@@H](OC(C)C)CC[C@]4(C)[C@H]3CC[C@]12C. The van der Waals surface area contributed by atoms with Crippen LogP contribution in [0.4, 0.5) is 0 Å². The van der Waals surface area contributed by atoms with Crippen LogP contribution in [0.3, 0.4) is 0 Å². The van der Waals surface area contributed by atoms with Crippen LogP contribution in [0.2, 0.25) is 0 Å². The fraction of sp³-hybridized carbons (Fsp3) is 1.00. The molecule has 0 spiro atoms. The second-order valence-electron chi connectivity index (χ2n) is 13.8. The maximum absolute atomic E-state index is 6.29. The lowest BCUT2D eigenvalue weighted by atomic mass is 9.44. The maximum atomic E-state index is 6.29. The van der Waals surface area contributed by atoms with Gasteiger partial charge in [0.1, 0.15) is 0 Å². The van der Waals surface area contributed by atoms with Crippen molar-refractivity contribution in [2.24, 2.45) is 52.3 Å². The Bertz CT molecular complexity index is 595. The summed E-state index contributed by atoms with van der Waals surface area (Å²) in [5.74, 6) is 6.75. The molecule has 31 heavy (non-hydrogen) atoms. The first-order chi connectivity index (χ1) is 14.6. The molecule has 0 amide bonds. The summed E-state index contributed by atoms with van der Waals surface area (Å²) >= 11 is 0. The summed E-state index contributed by atoms with van der Waals surface area (Å²) in [4.78, 5) is 0. The molecule has 4 aliphatic carbocycles. The number of hydrogen-bond donors (Lipinski definition) is 0. The summed E-state index contributed by atoms with van der Waals surface area (Å²) in [6, 6.07) is 0. The van der Waals surface area contributed by atoms with Gasteiger partial charge in [-0.1, -0.05) is 53.9 Å². The van der Waals surface area contributed by atoms with E-state index in [0.717, 1.165) is 41.4 Å². The van der Waals surface area contributed by atoms with Gasteiger partial charge in [-0.3, -0.25) is 0 Å². The number of ether oxygens (including phenoxy) is 1. The third-order valence-electron chi connectivity index (χ3n) is 11.3. The molecule has 0 aromatic carbocycles. The molecule has 1 nitrogen and oxygen atoms in total. The van der Waals surface area contributed by atoms with Gasteiger partial charge in [-0.05, 0) is 124 Å². The predicted octanol–water partition coefficient (Wildman–Crippen LogP) is 8.90. The lowest BCUT2D eigenvalue weighted by Gasteiger charge is -2.61. The minimum Gasteiger partial charge on any atom is -0.376 e. The maximum Gasteiger partial charge on any atom is 0.0581 e. The topological polar surface area (TPSA) is 9.23 Å². The molecule has 4 rings (SSSR count). The van der Waals surface area contributed by atoms with E-state index in [1.807, 2.05) is 0 Å². The van der Waals surface area contributed by atoms with E-state index in [0.29, 0.717) is 23.0 Å². The molecule has 0 bridgehead atoms. The van der Waals surface area contributed by atoms with E-state index < -0.39 is 0 Å². The standard InChI is InChI=1S/C30H54O/c1-20(2)9-8-10-22(5)26-13-14-27-25-12-11-23-19-24(31-21(3)4)15-17-29(23,6)28(25)16-18-30(26,27)7/h20-28H,8-19H2,1-7H3/t22-,23+,24+,25+,26-,27+,28+,29+,30-/m1/s1. The fourth-order valence-electron chi connectivity index (χ4n) is 9.75. The highest BCUT2D eigenvalue weighted by molar-refractivity contribution is 5.09. The molecular formula is C30H54O. The van der Waals surface area contributed by atoms with Gasteiger partial charge >= 0.3 is 0 Å². The van der Waals surface area contributed by atoms with Crippen LogP contribution in [-0.4, -0.2) is 12.2 Å². The van der Waals surface area contributed by atoms with Crippen molar-refractivity contribution < 1.29 is 4.74 Å². The van der Waals surface area contributed by atoms with Crippen LogP contribution >= 0.6 is 0 Å². The lowest BCUT2D eigenvalue weighted by molar-refractivity contribution is -0.142. The van der Waals surface area contributed by atoms with Crippen molar-refractivity contribution in [3.8, 4) is 0 Å². The molecule has 0 heterocycles. The molecule has 0 radical (unpaired) electrons. The van der Waals surface area contributed by atoms with E-state index >= 15 is 0 Å². The van der Waals surface area contributed by atoms with Gasteiger partial charge in [-0.15, -0.1) is 0 Å². The van der Waals surface area contributed by atoms with E-state index in [1.54, 1.807) is 0 Å². The van der Waals surface area contributed by atoms with Crippen molar-refractivity contribution in [3.05, 3.63) is 0 Å². The number of hydrogen-bond acceptors (Lipinski definition) is 1. The zero-order valence-electron chi connectivity index (χ0n) is 22.1. The molecule has 180 valence electrons. The Hall–Kier alpha value is -0.0400. The Labute approximate surface area is 194 Å². The Morgan fingerprint density at radius 2 is 1.48 bits per heavy atom. The quantitative estimate of drug-likeness (QED) is 0.392. The average Bonchev–Trinajstić information content (AvgIpc) is 3.05. The monoisotopic (exact) mass is 430 g/mol. The summed E-state index contributed by atoms with van der Waals surface area (Å²) in [6.45, 7) is 17.3. The second kappa shape index (κ2) is 9.31. The predicted molar refractivity (Wildman–Crippen MR) is 133 cm³/mol. The molecule has 9 atom stereocenters. The van der Waals surface area contributed by atoms with E-state index in [4.69, 9.17) is 4.74 Å². The minimum atomic E-state index is 0.388. The molecule has 0 unspecified atom stereocenters. The third-order valence-corrected chi connectivity index (χ3v) is 11.3. The fourth-order valence-corrected chi connectivity index (χ4v) is 9.75. The first kappa shape index (κ1) is 24.1. The van der Waals surface area contributed by atoms with Crippen LogP contribution in [-0.2, 0) is 4.74 Å². The van der Waals surface area contributed by atoms with Crippen molar-refractivity contribution in [1.82, 2.24) is 0 Å². The zero-order valence-corrected chi connectivity index (χ0v) is 22.1. The van der Waals surface area contributed by atoms with E-state index in [2.05, 4.69) is 48.5 Å². The van der Waals surface area contributed by atoms with Gasteiger partial charge in [0.2, 0.25) is 0 Å². The molecule has 0 aromatic rings. The van der Waals surface area contributed by atoms with Gasteiger partial charge in [-0.2, -0.15) is 0 Å². The molecule has 4 fully saturated rings. The van der Waals surface area contributed by atoms with Crippen LogP contribution in [0.15, 0.2) is 0 Å². The highest BCUT2D eigenvalue weighted by Crippen LogP contribution is 2.68. The highest BCUT2D eigenvalue weighted by atomic mass is 16.5. The Morgan fingerprint density at radius 1 is 0.774 bits per heavy atom. The molecule has 0 N–H and O–H groups in total. The number of fused-ring (bicyclic) bond motifs is 5. The normalized spacial score (nSPS) is 46.0.